The van der Waals surface area contributed by atoms with Crippen LogP contribution in [-0.4, -0.2) is 16.9 Å². The molecular weight excluding hydrogens is 288 g/mol. The van der Waals surface area contributed by atoms with Gasteiger partial charge < -0.3 is 4.98 Å². The summed E-state index contributed by atoms with van der Waals surface area (Å²) < 4.78 is 0. The minimum absolute atomic E-state index is 0.0605. The van der Waals surface area contributed by atoms with E-state index in [1.54, 1.807) is 0 Å². The van der Waals surface area contributed by atoms with Crippen molar-refractivity contribution < 1.29 is 4.79 Å². The summed E-state index contributed by atoms with van der Waals surface area (Å²) >= 11 is 0. The number of benzene rings is 2. The summed E-state index contributed by atoms with van der Waals surface area (Å²) in [5, 5.41) is 4.58. The lowest BCUT2D eigenvalue weighted by molar-refractivity contribution is -0.123. The molecule has 23 heavy (non-hydrogen) atoms. The number of carbonyl (C=O) groups is 1. The number of para-hydroxylation sites is 1. The van der Waals surface area contributed by atoms with Gasteiger partial charge in [0.15, 0.2) is 0 Å². The van der Waals surface area contributed by atoms with Crippen LogP contribution in [0.25, 0.3) is 10.9 Å². The Morgan fingerprint density at radius 3 is 2.61 bits per heavy atom. The highest BCUT2D eigenvalue weighted by Crippen LogP contribution is 2.34. The van der Waals surface area contributed by atoms with Gasteiger partial charge in [-0.3, -0.25) is 15.5 Å². The first-order chi connectivity index (χ1) is 11.3. The van der Waals surface area contributed by atoms with Crippen LogP contribution >= 0.6 is 0 Å². The molecule has 116 valence electrons. The Kier molecular flexibility index (Phi) is 3.37. The largest absolute Gasteiger partial charge is 0.357 e. The molecule has 5 nitrogen and oxygen atoms in total. The zero-order chi connectivity index (χ0) is 15.8. The lowest BCUT2D eigenvalue weighted by Crippen LogP contribution is -2.51. The van der Waals surface area contributed by atoms with Gasteiger partial charge in [0.05, 0.1) is 12.1 Å². The fourth-order valence-electron chi connectivity index (χ4n) is 3.41. The van der Waals surface area contributed by atoms with Crippen LogP contribution in [0.15, 0.2) is 54.6 Å². The second kappa shape index (κ2) is 5.53. The summed E-state index contributed by atoms with van der Waals surface area (Å²) in [5.41, 5.74) is 6.78. The third-order valence-electron chi connectivity index (χ3n) is 4.50. The van der Waals surface area contributed by atoms with Gasteiger partial charge in [-0.1, -0.05) is 48.5 Å². The molecule has 2 aromatic carbocycles. The molecule has 0 radical (unpaired) electrons. The number of nitrogens with two attached hydrogens (primary N) is 1. The number of carbonyl (C=O) groups excluding carboxylic acids is 1. The fourth-order valence-corrected chi connectivity index (χ4v) is 3.41. The van der Waals surface area contributed by atoms with Gasteiger partial charge in [0.25, 0.3) is 5.91 Å². The topological polar surface area (TPSA) is 82.9 Å². The molecule has 1 amide bonds. The number of nitrogens with one attached hydrogen (secondary N) is 3. The van der Waals surface area contributed by atoms with Crippen molar-refractivity contribution in [3.63, 3.8) is 0 Å². The van der Waals surface area contributed by atoms with Crippen molar-refractivity contribution >= 4 is 16.8 Å². The third kappa shape index (κ3) is 2.30. The van der Waals surface area contributed by atoms with Crippen LogP contribution in [0.5, 0.6) is 0 Å². The van der Waals surface area contributed by atoms with Crippen LogP contribution in [0.4, 0.5) is 0 Å². The van der Waals surface area contributed by atoms with Gasteiger partial charge in [0, 0.05) is 16.6 Å². The SMILES string of the molecule is NNC(=O)[C@@H]1Cc2c([nH]c3ccccc23)[C@@H](c2ccccc2)N1. The lowest BCUT2D eigenvalue weighted by atomic mass is 9.90. The Labute approximate surface area is 133 Å². The summed E-state index contributed by atoms with van der Waals surface area (Å²) in [5.74, 6) is 5.15. The molecule has 0 unspecified atom stereocenters. The molecule has 2 heterocycles. The molecule has 1 aliphatic heterocycles. The summed E-state index contributed by atoms with van der Waals surface area (Å²) in [4.78, 5) is 15.6. The van der Waals surface area contributed by atoms with Crippen LogP contribution in [0.1, 0.15) is 22.9 Å². The van der Waals surface area contributed by atoms with E-state index in [-0.39, 0.29) is 18.0 Å². The Balaban J connectivity index is 1.88. The Morgan fingerprint density at radius 2 is 1.83 bits per heavy atom. The van der Waals surface area contributed by atoms with Gasteiger partial charge in [-0.15, -0.1) is 0 Å². The molecule has 0 saturated heterocycles. The molecule has 5 heteroatoms. The smallest absolute Gasteiger partial charge is 0.251 e. The number of fused-ring (bicyclic) bond motifs is 3. The molecule has 1 aliphatic rings. The fraction of sp³-hybridized carbons (Fsp3) is 0.167. The van der Waals surface area contributed by atoms with Crippen molar-refractivity contribution in [2.24, 2.45) is 5.84 Å². The highest BCUT2D eigenvalue weighted by Gasteiger charge is 2.33. The zero-order valence-corrected chi connectivity index (χ0v) is 12.5. The van der Waals surface area contributed by atoms with Crippen molar-refractivity contribution in [2.75, 3.05) is 0 Å². The van der Waals surface area contributed by atoms with E-state index in [4.69, 9.17) is 5.84 Å². The number of hydrazine groups is 1. The third-order valence-corrected chi connectivity index (χ3v) is 4.50. The zero-order valence-electron chi connectivity index (χ0n) is 12.5. The first kappa shape index (κ1) is 14.0. The van der Waals surface area contributed by atoms with Gasteiger partial charge in [0.2, 0.25) is 0 Å². The molecule has 0 saturated carbocycles. The average Bonchev–Trinajstić information content (AvgIpc) is 2.99. The number of hydrogen-bond donors (Lipinski definition) is 4. The van der Waals surface area contributed by atoms with Crippen molar-refractivity contribution in [3.05, 3.63) is 71.4 Å². The van der Waals surface area contributed by atoms with E-state index in [1.807, 2.05) is 30.3 Å². The summed E-state index contributed by atoms with van der Waals surface area (Å²) in [6.07, 6.45) is 0.617. The van der Waals surface area contributed by atoms with E-state index >= 15 is 0 Å². The maximum absolute atomic E-state index is 12.1. The second-order valence-corrected chi connectivity index (χ2v) is 5.84. The van der Waals surface area contributed by atoms with E-state index in [0.29, 0.717) is 6.42 Å². The average molecular weight is 306 g/mol. The van der Waals surface area contributed by atoms with E-state index in [1.165, 1.54) is 10.9 Å². The minimum atomic E-state index is -0.350. The number of hydrogen-bond acceptors (Lipinski definition) is 3. The maximum Gasteiger partial charge on any atom is 0.251 e. The van der Waals surface area contributed by atoms with Gasteiger partial charge in [-0.25, -0.2) is 5.84 Å². The molecule has 2 atom stereocenters. The second-order valence-electron chi connectivity index (χ2n) is 5.84. The molecule has 0 spiro atoms. The van der Waals surface area contributed by atoms with E-state index in [9.17, 15) is 4.79 Å². The maximum atomic E-state index is 12.1. The predicted octanol–water partition coefficient (Wildman–Crippen LogP) is 1.76. The standard InChI is InChI=1S/C18H18N4O/c19-22-18(23)15-10-13-12-8-4-5-9-14(12)20-17(13)16(21-15)11-6-2-1-3-7-11/h1-9,15-16,20-21H,10,19H2,(H,22,23)/t15-,16+/m0/s1. The molecule has 3 aromatic rings. The highest BCUT2D eigenvalue weighted by molar-refractivity contribution is 5.88. The highest BCUT2D eigenvalue weighted by atomic mass is 16.2. The van der Waals surface area contributed by atoms with Gasteiger partial charge in [-0.05, 0) is 23.6 Å². The molecule has 0 bridgehead atoms. The predicted molar refractivity (Wildman–Crippen MR) is 89.5 cm³/mol. The molecule has 0 aliphatic carbocycles. The van der Waals surface area contributed by atoms with Crippen LogP contribution in [0, 0.1) is 0 Å². The molecule has 1 aromatic heterocycles. The molecule has 0 fully saturated rings. The van der Waals surface area contributed by atoms with E-state index in [0.717, 1.165) is 16.8 Å². The number of rotatable bonds is 2. The minimum Gasteiger partial charge on any atom is -0.357 e. The van der Waals surface area contributed by atoms with Crippen LogP contribution in [0.2, 0.25) is 0 Å². The van der Waals surface area contributed by atoms with Gasteiger partial charge in [-0.2, -0.15) is 0 Å². The number of aromatic amines is 1. The van der Waals surface area contributed by atoms with Gasteiger partial charge >= 0.3 is 0 Å². The number of amides is 1. The van der Waals surface area contributed by atoms with E-state index < -0.39 is 0 Å². The van der Waals surface area contributed by atoms with Crippen LogP contribution in [-0.2, 0) is 11.2 Å². The molecular formula is C18H18N4O. The monoisotopic (exact) mass is 306 g/mol. The first-order valence-corrected chi connectivity index (χ1v) is 7.69. The van der Waals surface area contributed by atoms with E-state index in [2.05, 4.69) is 40.0 Å². The van der Waals surface area contributed by atoms with Crippen LogP contribution in [0.3, 0.4) is 0 Å². The Morgan fingerprint density at radius 1 is 1.09 bits per heavy atom. The quantitative estimate of drug-likeness (QED) is 0.331. The van der Waals surface area contributed by atoms with Crippen LogP contribution < -0.4 is 16.6 Å². The number of H-pyrrole nitrogens is 1. The van der Waals surface area contributed by atoms with Crippen molar-refractivity contribution in [3.8, 4) is 0 Å². The summed E-state index contributed by atoms with van der Waals surface area (Å²) in [7, 11) is 0. The normalized spacial score (nSPS) is 20.2. The van der Waals surface area contributed by atoms with Crippen molar-refractivity contribution in [2.45, 2.75) is 18.5 Å². The summed E-state index contributed by atoms with van der Waals surface area (Å²) in [6, 6.07) is 17.9. The molecule has 5 N–H and O–H groups in total. The summed E-state index contributed by atoms with van der Waals surface area (Å²) in [6.45, 7) is 0. The van der Waals surface area contributed by atoms with Crippen molar-refractivity contribution in [1.29, 1.82) is 0 Å². The first-order valence-electron chi connectivity index (χ1n) is 7.69. The molecule has 4 rings (SSSR count). The van der Waals surface area contributed by atoms with Gasteiger partial charge in [0.1, 0.15) is 0 Å². The Bertz CT molecular complexity index is 856. The Hall–Kier alpha value is -2.63. The number of aromatic nitrogens is 1. The van der Waals surface area contributed by atoms with Crippen molar-refractivity contribution in [1.82, 2.24) is 15.7 Å². The lowest BCUT2D eigenvalue weighted by Gasteiger charge is -2.30.